The summed E-state index contributed by atoms with van der Waals surface area (Å²) in [7, 11) is 1.85. The van der Waals surface area contributed by atoms with Crippen molar-refractivity contribution >= 4 is 17.5 Å². The first-order valence-electron chi connectivity index (χ1n) is 7.75. The van der Waals surface area contributed by atoms with Crippen LogP contribution in [0.2, 0.25) is 5.02 Å². The molecule has 120 valence electrons. The topological polar surface area (TPSA) is 29.5 Å². The third-order valence-corrected chi connectivity index (χ3v) is 4.56. The quantitative estimate of drug-likeness (QED) is 0.855. The first-order valence-corrected chi connectivity index (χ1v) is 8.13. The highest BCUT2D eigenvalue weighted by molar-refractivity contribution is 6.30. The van der Waals surface area contributed by atoms with Crippen LogP contribution in [-0.2, 0) is 17.8 Å². The minimum atomic E-state index is -0.157. The normalized spacial score (nSPS) is 16.4. The Labute approximate surface area is 141 Å². The fraction of sp³-hybridized carbons (Fsp3) is 0.316. The number of amides is 1. The molecule has 0 saturated carbocycles. The Bertz CT molecular complexity index is 729. The number of aryl methyl sites for hydroxylation is 1. The summed E-state index contributed by atoms with van der Waals surface area (Å²) in [5, 5.41) is 0.675. The van der Waals surface area contributed by atoms with Gasteiger partial charge in [-0.2, -0.15) is 0 Å². The molecule has 0 spiro atoms. The molecule has 1 atom stereocenters. The van der Waals surface area contributed by atoms with Crippen LogP contribution in [0.4, 0.5) is 0 Å². The number of benzene rings is 2. The van der Waals surface area contributed by atoms with Crippen LogP contribution < -0.4 is 4.74 Å². The number of carbonyl (C=O) groups excluding carboxylic acids is 1. The SMILES string of the molecule is Cc1ccccc1CN(C)C(=O)[C@H]1COc2ccc(Cl)cc2C1. The lowest BCUT2D eigenvalue weighted by atomic mass is 9.95. The van der Waals surface area contributed by atoms with Gasteiger partial charge in [0.25, 0.3) is 0 Å². The fourth-order valence-corrected chi connectivity index (χ4v) is 3.15. The number of carbonyl (C=O) groups is 1. The van der Waals surface area contributed by atoms with Crippen molar-refractivity contribution in [3.05, 3.63) is 64.2 Å². The van der Waals surface area contributed by atoms with Crippen molar-refractivity contribution in [3.8, 4) is 5.75 Å². The number of nitrogens with zero attached hydrogens (tertiary/aromatic N) is 1. The van der Waals surface area contributed by atoms with E-state index in [9.17, 15) is 4.79 Å². The van der Waals surface area contributed by atoms with E-state index in [1.807, 2.05) is 37.4 Å². The van der Waals surface area contributed by atoms with Gasteiger partial charge in [-0.25, -0.2) is 0 Å². The average Bonchev–Trinajstić information content (AvgIpc) is 2.55. The molecule has 0 saturated heterocycles. The van der Waals surface area contributed by atoms with Gasteiger partial charge in [-0.15, -0.1) is 0 Å². The van der Waals surface area contributed by atoms with Gasteiger partial charge in [-0.3, -0.25) is 4.79 Å². The molecular formula is C19H20ClNO2. The maximum Gasteiger partial charge on any atom is 0.229 e. The maximum atomic E-state index is 12.7. The first-order chi connectivity index (χ1) is 11.0. The van der Waals surface area contributed by atoms with E-state index in [1.165, 1.54) is 11.1 Å². The number of hydrogen-bond donors (Lipinski definition) is 0. The van der Waals surface area contributed by atoms with Crippen LogP contribution in [-0.4, -0.2) is 24.5 Å². The second-order valence-corrected chi connectivity index (χ2v) is 6.52. The lowest BCUT2D eigenvalue weighted by Crippen LogP contribution is -2.38. The predicted molar refractivity (Wildman–Crippen MR) is 91.8 cm³/mol. The molecule has 1 aliphatic heterocycles. The van der Waals surface area contributed by atoms with Crippen LogP contribution in [0.25, 0.3) is 0 Å². The van der Waals surface area contributed by atoms with Crippen molar-refractivity contribution < 1.29 is 9.53 Å². The molecule has 0 aromatic heterocycles. The molecule has 0 unspecified atom stereocenters. The van der Waals surface area contributed by atoms with Crippen LogP contribution in [0.5, 0.6) is 5.75 Å². The van der Waals surface area contributed by atoms with E-state index in [0.717, 1.165) is 11.3 Å². The van der Waals surface area contributed by atoms with Crippen molar-refractivity contribution in [1.29, 1.82) is 0 Å². The smallest absolute Gasteiger partial charge is 0.229 e. The Balaban J connectivity index is 1.70. The summed E-state index contributed by atoms with van der Waals surface area (Å²) < 4.78 is 5.73. The van der Waals surface area contributed by atoms with Gasteiger partial charge in [0.15, 0.2) is 0 Å². The molecule has 0 radical (unpaired) electrons. The van der Waals surface area contributed by atoms with Gasteiger partial charge in [0.1, 0.15) is 12.4 Å². The molecule has 0 N–H and O–H groups in total. The van der Waals surface area contributed by atoms with E-state index < -0.39 is 0 Å². The summed E-state index contributed by atoms with van der Waals surface area (Å²) >= 11 is 6.04. The Morgan fingerprint density at radius 3 is 2.87 bits per heavy atom. The van der Waals surface area contributed by atoms with Gasteiger partial charge in [0.05, 0.1) is 5.92 Å². The third kappa shape index (κ3) is 3.50. The number of halogens is 1. The molecule has 2 aromatic rings. The van der Waals surface area contributed by atoms with E-state index in [2.05, 4.69) is 19.1 Å². The third-order valence-electron chi connectivity index (χ3n) is 4.32. The molecule has 4 heteroatoms. The zero-order valence-electron chi connectivity index (χ0n) is 13.4. The monoisotopic (exact) mass is 329 g/mol. The second-order valence-electron chi connectivity index (χ2n) is 6.08. The van der Waals surface area contributed by atoms with Crippen LogP contribution in [0.15, 0.2) is 42.5 Å². The number of rotatable bonds is 3. The largest absolute Gasteiger partial charge is 0.492 e. The molecule has 23 heavy (non-hydrogen) atoms. The molecule has 0 bridgehead atoms. The predicted octanol–water partition coefficient (Wildman–Crippen LogP) is 3.86. The van der Waals surface area contributed by atoms with Crippen LogP contribution in [0.3, 0.4) is 0 Å². The highest BCUT2D eigenvalue weighted by atomic mass is 35.5. The average molecular weight is 330 g/mol. The molecule has 1 amide bonds. The molecule has 3 nitrogen and oxygen atoms in total. The van der Waals surface area contributed by atoms with E-state index in [1.54, 1.807) is 4.90 Å². The van der Waals surface area contributed by atoms with E-state index >= 15 is 0 Å². The minimum absolute atomic E-state index is 0.110. The molecule has 0 aliphatic carbocycles. The van der Waals surface area contributed by atoms with Crippen molar-refractivity contribution in [1.82, 2.24) is 4.90 Å². The van der Waals surface area contributed by atoms with E-state index in [0.29, 0.717) is 24.6 Å². The summed E-state index contributed by atoms with van der Waals surface area (Å²) in [5.74, 6) is 0.786. The zero-order chi connectivity index (χ0) is 16.4. The number of ether oxygens (including phenoxy) is 1. The van der Waals surface area contributed by atoms with Crippen molar-refractivity contribution in [2.75, 3.05) is 13.7 Å². The summed E-state index contributed by atoms with van der Waals surface area (Å²) in [5.41, 5.74) is 3.37. The van der Waals surface area contributed by atoms with Gasteiger partial charge >= 0.3 is 0 Å². The van der Waals surface area contributed by atoms with Gasteiger partial charge in [0.2, 0.25) is 5.91 Å². The fourth-order valence-electron chi connectivity index (χ4n) is 2.95. The van der Waals surface area contributed by atoms with Crippen molar-refractivity contribution in [2.24, 2.45) is 5.92 Å². The highest BCUT2D eigenvalue weighted by Crippen LogP contribution is 2.30. The molecular weight excluding hydrogens is 310 g/mol. The minimum Gasteiger partial charge on any atom is -0.492 e. The van der Waals surface area contributed by atoms with Gasteiger partial charge in [-0.05, 0) is 48.2 Å². The maximum absolute atomic E-state index is 12.7. The van der Waals surface area contributed by atoms with Gasteiger partial charge in [0, 0.05) is 18.6 Å². The first kappa shape index (κ1) is 15.9. The molecule has 1 aliphatic rings. The lowest BCUT2D eigenvalue weighted by Gasteiger charge is -2.28. The zero-order valence-corrected chi connectivity index (χ0v) is 14.1. The number of hydrogen-bond acceptors (Lipinski definition) is 2. The standard InChI is InChI=1S/C19H20ClNO2/c1-13-5-3-4-6-14(13)11-21(2)19(22)16-9-15-10-17(20)7-8-18(15)23-12-16/h3-8,10,16H,9,11-12H2,1-2H3/t16-/m1/s1. The summed E-state index contributed by atoms with van der Waals surface area (Å²) in [6.07, 6.45) is 0.673. The van der Waals surface area contributed by atoms with Gasteiger partial charge in [-0.1, -0.05) is 35.9 Å². The van der Waals surface area contributed by atoms with E-state index in [4.69, 9.17) is 16.3 Å². The number of fused-ring (bicyclic) bond motifs is 1. The molecule has 3 rings (SSSR count). The molecule has 1 heterocycles. The Hall–Kier alpha value is -2.00. The highest BCUT2D eigenvalue weighted by Gasteiger charge is 2.28. The summed E-state index contributed by atoms with van der Waals surface area (Å²) in [6, 6.07) is 13.7. The second kappa shape index (κ2) is 6.63. The molecule has 0 fully saturated rings. The van der Waals surface area contributed by atoms with Crippen LogP contribution >= 0.6 is 11.6 Å². The summed E-state index contributed by atoms with van der Waals surface area (Å²) in [4.78, 5) is 14.5. The van der Waals surface area contributed by atoms with E-state index in [-0.39, 0.29) is 11.8 Å². The van der Waals surface area contributed by atoms with Crippen molar-refractivity contribution in [2.45, 2.75) is 19.9 Å². The summed E-state index contributed by atoms with van der Waals surface area (Å²) in [6.45, 7) is 3.10. The van der Waals surface area contributed by atoms with Crippen molar-refractivity contribution in [3.63, 3.8) is 0 Å². The Morgan fingerprint density at radius 1 is 1.30 bits per heavy atom. The molecule has 2 aromatic carbocycles. The van der Waals surface area contributed by atoms with Crippen LogP contribution in [0, 0.1) is 12.8 Å². The Morgan fingerprint density at radius 2 is 2.09 bits per heavy atom. The Kier molecular flexibility index (Phi) is 4.58. The van der Waals surface area contributed by atoms with Gasteiger partial charge < -0.3 is 9.64 Å². The lowest BCUT2D eigenvalue weighted by molar-refractivity contribution is -0.136. The van der Waals surface area contributed by atoms with Crippen LogP contribution in [0.1, 0.15) is 16.7 Å².